The lowest BCUT2D eigenvalue weighted by Crippen LogP contribution is -2.11. The summed E-state index contributed by atoms with van der Waals surface area (Å²) in [6, 6.07) is 11.3. The van der Waals surface area contributed by atoms with Gasteiger partial charge in [-0.25, -0.2) is 9.78 Å². The summed E-state index contributed by atoms with van der Waals surface area (Å²) in [6.45, 7) is 2.65. The molecular formula is C20H19ClN2O3. The Morgan fingerprint density at radius 3 is 2.92 bits per heavy atom. The quantitative estimate of drug-likeness (QED) is 0.631. The van der Waals surface area contributed by atoms with Crippen molar-refractivity contribution in [2.24, 2.45) is 0 Å². The lowest BCUT2D eigenvalue weighted by atomic mass is 10.1. The monoisotopic (exact) mass is 370 g/mol. The normalized spacial score (nSPS) is 17.0. The molecule has 5 nitrogen and oxygen atoms in total. The second-order valence-electron chi connectivity index (χ2n) is 6.38. The number of imidazole rings is 1. The van der Waals surface area contributed by atoms with E-state index >= 15 is 0 Å². The number of methoxy groups -OCH3 is 1. The van der Waals surface area contributed by atoms with Gasteiger partial charge in [-0.05, 0) is 55.7 Å². The highest BCUT2D eigenvalue weighted by Crippen LogP contribution is 2.34. The van der Waals surface area contributed by atoms with E-state index < -0.39 is 0 Å². The summed E-state index contributed by atoms with van der Waals surface area (Å²) in [5, 5.41) is 0.640. The average Bonchev–Trinajstić information content (AvgIpc) is 3.28. The molecule has 2 aromatic carbocycles. The smallest absolute Gasteiger partial charge is 0.338 e. The minimum atomic E-state index is -0.351. The minimum absolute atomic E-state index is 0.0673. The van der Waals surface area contributed by atoms with Gasteiger partial charge in [0.2, 0.25) is 0 Å². The van der Waals surface area contributed by atoms with Gasteiger partial charge in [0.25, 0.3) is 0 Å². The SMILES string of the molecule is COC(=O)c1cccc(-n2c([C@H]3CCCO3)nc3cc(Cl)ccc32)c1C. The van der Waals surface area contributed by atoms with Gasteiger partial charge in [0.15, 0.2) is 0 Å². The van der Waals surface area contributed by atoms with Gasteiger partial charge in [0.1, 0.15) is 11.9 Å². The highest BCUT2D eigenvalue weighted by molar-refractivity contribution is 6.31. The summed E-state index contributed by atoms with van der Waals surface area (Å²) in [5.41, 5.74) is 4.02. The van der Waals surface area contributed by atoms with Crippen LogP contribution in [0.2, 0.25) is 5.02 Å². The van der Waals surface area contributed by atoms with Crippen molar-refractivity contribution in [3.8, 4) is 5.69 Å². The van der Waals surface area contributed by atoms with Gasteiger partial charge < -0.3 is 9.47 Å². The molecule has 1 saturated heterocycles. The van der Waals surface area contributed by atoms with E-state index in [0.29, 0.717) is 10.6 Å². The van der Waals surface area contributed by atoms with Gasteiger partial charge in [-0.15, -0.1) is 0 Å². The maximum atomic E-state index is 12.1. The predicted octanol–water partition coefficient (Wildman–Crippen LogP) is 4.63. The molecule has 1 aliphatic heterocycles. The van der Waals surface area contributed by atoms with Crippen LogP contribution in [0.15, 0.2) is 36.4 Å². The number of nitrogens with zero attached hydrogens (tertiary/aromatic N) is 2. The standard InChI is InChI=1S/C20H19ClN2O3/c1-12-14(20(24)25-2)5-3-6-16(12)23-17-9-8-13(21)11-15(17)22-19(23)18-7-4-10-26-18/h3,5-6,8-9,11,18H,4,7,10H2,1-2H3/t18-/m1/s1. The van der Waals surface area contributed by atoms with Crippen LogP contribution in [0.4, 0.5) is 0 Å². The van der Waals surface area contributed by atoms with Gasteiger partial charge in [-0.1, -0.05) is 17.7 Å². The van der Waals surface area contributed by atoms with Crippen LogP contribution >= 0.6 is 11.6 Å². The number of ether oxygens (including phenoxy) is 2. The first kappa shape index (κ1) is 17.1. The highest BCUT2D eigenvalue weighted by atomic mass is 35.5. The summed E-state index contributed by atoms with van der Waals surface area (Å²) in [5.74, 6) is 0.486. The van der Waals surface area contributed by atoms with Crippen molar-refractivity contribution >= 4 is 28.6 Å². The van der Waals surface area contributed by atoms with E-state index in [0.717, 1.165) is 47.6 Å². The largest absolute Gasteiger partial charge is 0.465 e. The van der Waals surface area contributed by atoms with Crippen LogP contribution < -0.4 is 0 Å². The molecule has 26 heavy (non-hydrogen) atoms. The summed E-state index contributed by atoms with van der Waals surface area (Å²) >= 11 is 6.16. The topological polar surface area (TPSA) is 53.4 Å². The number of hydrogen-bond donors (Lipinski definition) is 0. The number of benzene rings is 2. The number of fused-ring (bicyclic) bond motifs is 1. The molecule has 1 aromatic heterocycles. The fraction of sp³-hybridized carbons (Fsp3) is 0.300. The van der Waals surface area contributed by atoms with E-state index in [-0.39, 0.29) is 12.1 Å². The molecule has 0 spiro atoms. The van der Waals surface area contributed by atoms with Crippen molar-refractivity contribution in [1.82, 2.24) is 9.55 Å². The Balaban J connectivity index is 1.98. The molecule has 1 fully saturated rings. The Labute approximate surface area is 156 Å². The van der Waals surface area contributed by atoms with Gasteiger partial charge in [0, 0.05) is 11.6 Å². The van der Waals surface area contributed by atoms with E-state index in [1.165, 1.54) is 7.11 Å². The fourth-order valence-electron chi connectivity index (χ4n) is 3.52. The Kier molecular flexibility index (Phi) is 4.42. The zero-order valence-corrected chi connectivity index (χ0v) is 15.4. The van der Waals surface area contributed by atoms with Crippen LogP contribution in [0.5, 0.6) is 0 Å². The van der Waals surface area contributed by atoms with Crippen molar-refractivity contribution in [1.29, 1.82) is 0 Å². The number of halogens is 1. The number of aromatic nitrogens is 2. The number of carbonyl (C=O) groups is 1. The van der Waals surface area contributed by atoms with E-state index in [1.54, 1.807) is 6.07 Å². The molecule has 1 aliphatic rings. The molecule has 2 heterocycles. The molecule has 1 atom stereocenters. The number of rotatable bonds is 3. The fourth-order valence-corrected chi connectivity index (χ4v) is 3.69. The predicted molar refractivity (Wildman–Crippen MR) is 100 cm³/mol. The third-order valence-electron chi connectivity index (χ3n) is 4.81. The molecule has 3 aromatic rings. The maximum Gasteiger partial charge on any atom is 0.338 e. The third kappa shape index (κ3) is 2.77. The second-order valence-corrected chi connectivity index (χ2v) is 6.82. The maximum absolute atomic E-state index is 12.1. The van der Waals surface area contributed by atoms with Gasteiger partial charge in [-0.2, -0.15) is 0 Å². The summed E-state index contributed by atoms with van der Waals surface area (Å²) in [4.78, 5) is 16.9. The third-order valence-corrected chi connectivity index (χ3v) is 5.05. The summed E-state index contributed by atoms with van der Waals surface area (Å²) in [7, 11) is 1.39. The van der Waals surface area contributed by atoms with E-state index in [9.17, 15) is 4.79 Å². The lowest BCUT2D eigenvalue weighted by Gasteiger charge is -2.17. The zero-order valence-electron chi connectivity index (χ0n) is 14.7. The first-order valence-corrected chi connectivity index (χ1v) is 8.95. The van der Waals surface area contributed by atoms with Gasteiger partial charge in [0.05, 0.1) is 29.4 Å². The summed E-state index contributed by atoms with van der Waals surface area (Å²) in [6.07, 6.45) is 1.87. The molecular weight excluding hydrogens is 352 g/mol. The average molecular weight is 371 g/mol. The van der Waals surface area contributed by atoms with Crippen LogP contribution in [-0.2, 0) is 9.47 Å². The van der Waals surface area contributed by atoms with Crippen molar-refractivity contribution in [3.63, 3.8) is 0 Å². The number of hydrogen-bond acceptors (Lipinski definition) is 4. The molecule has 0 unspecified atom stereocenters. The first-order chi connectivity index (χ1) is 12.6. The van der Waals surface area contributed by atoms with Crippen LogP contribution in [0.1, 0.15) is 40.7 Å². The van der Waals surface area contributed by atoms with Crippen molar-refractivity contribution in [2.75, 3.05) is 13.7 Å². The Morgan fingerprint density at radius 1 is 1.35 bits per heavy atom. The molecule has 0 amide bonds. The molecule has 0 bridgehead atoms. The summed E-state index contributed by atoms with van der Waals surface area (Å²) < 4.78 is 12.9. The van der Waals surface area contributed by atoms with Gasteiger partial charge in [-0.3, -0.25) is 4.57 Å². The van der Waals surface area contributed by atoms with Crippen molar-refractivity contribution in [3.05, 3.63) is 58.4 Å². The van der Waals surface area contributed by atoms with Crippen molar-refractivity contribution in [2.45, 2.75) is 25.9 Å². The molecule has 0 aliphatic carbocycles. The highest BCUT2D eigenvalue weighted by Gasteiger charge is 2.26. The van der Waals surface area contributed by atoms with E-state index in [1.807, 2.05) is 37.3 Å². The van der Waals surface area contributed by atoms with Crippen LogP contribution in [0.3, 0.4) is 0 Å². The Bertz CT molecular complexity index is 990. The van der Waals surface area contributed by atoms with E-state index in [2.05, 4.69) is 4.57 Å². The second kappa shape index (κ2) is 6.74. The molecule has 0 saturated carbocycles. The molecule has 134 valence electrons. The minimum Gasteiger partial charge on any atom is -0.465 e. The lowest BCUT2D eigenvalue weighted by molar-refractivity contribution is 0.0600. The Hall–Kier alpha value is -2.37. The Morgan fingerprint density at radius 2 is 2.19 bits per heavy atom. The number of esters is 1. The first-order valence-electron chi connectivity index (χ1n) is 8.58. The van der Waals surface area contributed by atoms with Crippen LogP contribution in [0.25, 0.3) is 16.7 Å². The number of carbonyl (C=O) groups excluding carboxylic acids is 1. The molecule has 0 N–H and O–H groups in total. The molecule has 4 rings (SSSR count). The van der Waals surface area contributed by atoms with Crippen LogP contribution in [-0.4, -0.2) is 29.2 Å². The molecule has 0 radical (unpaired) electrons. The van der Waals surface area contributed by atoms with Crippen LogP contribution in [0, 0.1) is 6.92 Å². The molecule has 6 heteroatoms. The van der Waals surface area contributed by atoms with Crippen molar-refractivity contribution < 1.29 is 14.3 Å². The zero-order chi connectivity index (χ0) is 18.3. The van der Waals surface area contributed by atoms with Gasteiger partial charge >= 0.3 is 5.97 Å². The van der Waals surface area contributed by atoms with E-state index in [4.69, 9.17) is 26.1 Å².